The van der Waals surface area contributed by atoms with Crippen molar-refractivity contribution in [3.8, 4) is 0 Å². The fraction of sp³-hybridized carbons (Fsp3) is 0.350. The normalized spacial score (nSPS) is 14.4. The van der Waals surface area contributed by atoms with E-state index < -0.39 is 18.1 Å². The Bertz CT molecular complexity index is 923. The van der Waals surface area contributed by atoms with Gasteiger partial charge in [-0.1, -0.05) is 13.0 Å². The Balaban J connectivity index is 0.000000423. The summed E-state index contributed by atoms with van der Waals surface area (Å²) in [6.45, 7) is 4.06. The van der Waals surface area contributed by atoms with Gasteiger partial charge in [0.25, 0.3) is 5.91 Å². The monoisotopic (exact) mass is 458 g/mol. The Hall–Kier alpha value is -3.08. The molecule has 1 aliphatic heterocycles. The van der Waals surface area contributed by atoms with E-state index in [4.69, 9.17) is 9.90 Å². The zero-order valence-corrected chi connectivity index (χ0v) is 17.3. The molecule has 2 heterocycles. The molecule has 168 valence electrons. The molecule has 1 aromatic carbocycles. The van der Waals surface area contributed by atoms with Crippen molar-refractivity contribution in [1.82, 2.24) is 0 Å². The summed E-state index contributed by atoms with van der Waals surface area (Å²) in [6.07, 6.45) is -2.89. The first kappa shape index (κ1) is 24.2. The third-order valence-electron chi connectivity index (χ3n) is 4.60. The predicted molar refractivity (Wildman–Crippen MR) is 110 cm³/mol. The molecular formula is C20H21F3N2O5S. The van der Waals surface area contributed by atoms with E-state index in [1.54, 1.807) is 24.3 Å². The lowest BCUT2D eigenvalue weighted by molar-refractivity contribution is -0.192. The Kier molecular flexibility index (Phi) is 8.03. The molecule has 0 atom stereocenters. The number of anilines is 2. The first-order valence-corrected chi connectivity index (χ1v) is 10.1. The maximum Gasteiger partial charge on any atom is 0.490 e. The number of halogens is 3. The van der Waals surface area contributed by atoms with Crippen LogP contribution in [0.1, 0.15) is 39.8 Å². The quantitative estimate of drug-likeness (QED) is 0.620. The highest BCUT2D eigenvalue weighted by Gasteiger charge is 2.38. The largest absolute Gasteiger partial charge is 0.490 e. The van der Waals surface area contributed by atoms with Crippen molar-refractivity contribution < 1.29 is 37.8 Å². The molecule has 0 saturated carbocycles. The van der Waals surface area contributed by atoms with E-state index in [2.05, 4.69) is 17.1 Å². The van der Waals surface area contributed by atoms with Gasteiger partial charge in [-0.25, -0.2) is 9.59 Å². The van der Waals surface area contributed by atoms with Crippen LogP contribution in [0.15, 0.2) is 35.7 Å². The van der Waals surface area contributed by atoms with E-state index in [0.717, 1.165) is 31.6 Å². The van der Waals surface area contributed by atoms with E-state index in [9.17, 15) is 27.9 Å². The Morgan fingerprint density at radius 1 is 1.13 bits per heavy atom. The van der Waals surface area contributed by atoms with E-state index >= 15 is 0 Å². The number of nitrogens with zero attached hydrogens (tertiary/aromatic N) is 1. The van der Waals surface area contributed by atoms with Gasteiger partial charge in [-0.15, -0.1) is 11.3 Å². The van der Waals surface area contributed by atoms with Crippen LogP contribution >= 0.6 is 11.3 Å². The molecule has 0 radical (unpaired) electrons. The van der Waals surface area contributed by atoms with E-state index in [1.165, 1.54) is 11.3 Å². The molecule has 11 heteroatoms. The lowest BCUT2D eigenvalue weighted by atomic mass is 9.98. The molecule has 0 spiro atoms. The molecule has 2 aromatic rings. The number of carbonyl (C=O) groups is 3. The topological polar surface area (TPSA) is 107 Å². The highest BCUT2D eigenvalue weighted by atomic mass is 32.1. The average Bonchev–Trinajstić information content (AvgIpc) is 3.23. The molecule has 0 unspecified atom stereocenters. The number of nitrogens with one attached hydrogen (secondary N) is 1. The minimum atomic E-state index is -5.08. The lowest BCUT2D eigenvalue weighted by Crippen LogP contribution is -2.33. The lowest BCUT2D eigenvalue weighted by Gasteiger charge is -2.33. The minimum Gasteiger partial charge on any atom is -0.478 e. The minimum absolute atomic E-state index is 0.172. The molecule has 3 N–H and O–H groups in total. The summed E-state index contributed by atoms with van der Waals surface area (Å²) in [4.78, 5) is 35.4. The molecule has 31 heavy (non-hydrogen) atoms. The third-order valence-corrected chi connectivity index (χ3v) is 5.47. The van der Waals surface area contributed by atoms with Crippen molar-refractivity contribution in [2.75, 3.05) is 23.3 Å². The summed E-state index contributed by atoms with van der Waals surface area (Å²) in [7, 11) is 0. The Morgan fingerprint density at radius 3 is 2.23 bits per heavy atom. The number of carbonyl (C=O) groups excluding carboxylic acids is 1. The number of hydrogen-bond acceptors (Lipinski definition) is 5. The van der Waals surface area contributed by atoms with Gasteiger partial charge in [0, 0.05) is 13.1 Å². The van der Waals surface area contributed by atoms with Crippen molar-refractivity contribution in [1.29, 1.82) is 0 Å². The Labute approximate surface area is 180 Å². The zero-order valence-electron chi connectivity index (χ0n) is 16.5. The molecule has 1 fully saturated rings. The second-order valence-electron chi connectivity index (χ2n) is 6.94. The summed E-state index contributed by atoms with van der Waals surface area (Å²) < 4.78 is 31.7. The van der Waals surface area contributed by atoms with Crippen LogP contribution in [0.5, 0.6) is 0 Å². The molecule has 0 bridgehead atoms. The second-order valence-corrected chi connectivity index (χ2v) is 7.89. The SMILES string of the molecule is CC1CCN(c2ccc(C(=O)O)cc2NC(=O)c2cccs2)CC1.O=C(O)C(F)(F)F. The molecule has 1 aromatic heterocycles. The van der Waals surface area contributed by atoms with Crippen LogP contribution in [0.4, 0.5) is 24.5 Å². The van der Waals surface area contributed by atoms with Gasteiger partial charge >= 0.3 is 18.1 Å². The number of amides is 1. The molecule has 3 rings (SSSR count). The third kappa shape index (κ3) is 6.99. The molecule has 1 aliphatic rings. The van der Waals surface area contributed by atoms with Crippen molar-refractivity contribution in [2.24, 2.45) is 5.92 Å². The summed E-state index contributed by atoms with van der Waals surface area (Å²) >= 11 is 1.36. The van der Waals surface area contributed by atoms with Crippen LogP contribution in [0.2, 0.25) is 0 Å². The van der Waals surface area contributed by atoms with Crippen LogP contribution < -0.4 is 10.2 Å². The first-order valence-electron chi connectivity index (χ1n) is 9.26. The van der Waals surface area contributed by atoms with Crippen LogP contribution in [-0.4, -0.2) is 47.3 Å². The predicted octanol–water partition coefficient (Wildman–Crippen LogP) is 4.57. The van der Waals surface area contributed by atoms with Crippen molar-refractivity contribution in [2.45, 2.75) is 25.9 Å². The maximum absolute atomic E-state index is 12.4. The van der Waals surface area contributed by atoms with Crippen LogP contribution in [-0.2, 0) is 4.79 Å². The molecule has 1 amide bonds. The summed E-state index contributed by atoms with van der Waals surface area (Å²) in [5.41, 5.74) is 1.62. The fourth-order valence-electron chi connectivity index (χ4n) is 2.89. The number of rotatable bonds is 4. The van der Waals surface area contributed by atoms with Gasteiger partial charge in [0.05, 0.1) is 21.8 Å². The molecule has 1 saturated heterocycles. The number of aliphatic carboxylic acids is 1. The summed E-state index contributed by atoms with van der Waals surface area (Å²) in [5, 5.41) is 21.1. The summed E-state index contributed by atoms with van der Waals surface area (Å²) in [6, 6.07) is 8.50. The number of alkyl halides is 3. The number of carboxylic acids is 2. The molecule has 0 aliphatic carbocycles. The zero-order chi connectivity index (χ0) is 23.2. The first-order chi connectivity index (χ1) is 14.5. The van der Waals surface area contributed by atoms with Crippen LogP contribution in [0.25, 0.3) is 0 Å². The molecule has 7 nitrogen and oxygen atoms in total. The Morgan fingerprint density at radius 2 is 1.74 bits per heavy atom. The second kappa shape index (κ2) is 10.3. The number of thiophene rings is 1. The summed E-state index contributed by atoms with van der Waals surface area (Å²) in [5.74, 6) is -3.27. The maximum atomic E-state index is 12.4. The van der Waals surface area contributed by atoms with Gasteiger partial charge in [0.15, 0.2) is 0 Å². The number of aromatic carboxylic acids is 1. The van der Waals surface area contributed by atoms with Gasteiger partial charge in [-0.2, -0.15) is 13.2 Å². The number of benzene rings is 1. The standard InChI is InChI=1S/C18H20N2O3S.C2HF3O2/c1-12-6-8-20(9-7-12)15-5-4-13(18(22)23)11-14(15)19-17(21)16-3-2-10-24-16;3-2(4,5)1(6)7/h2-5,10-12H,6-9H2,1H3,(H,19,21)(H,22,23);(H,6,7). The van der Waals surface area contributed by atoms with E-state index in [1.807, 2.05) is 11.4 Å². The highest BCUT2D eigenvalue weighted by molar-refractivity contribution is 7.12. The van der Waals surface area contributed by atoms with Gasteiger partial charge in [-0.3, -0.25) is 4.79 Å². The number of hydrogen-bond donors (Lipinski definition) is 3. The van der Waals surface area contributed by atoms with Crippen molar-refractivity contribution in [3.05, 3.63) is 46.2 Å². The fourth-order valence-corrected chi connectivity index (χ4v) is 3.51. The van der Waals surface area contributed by atoms with Gasteiger partial charge in [0.2, 0.25) is 0 Å². The van der Waals surface area contributed by atoms with Gasteiger partial charge in [0.1, 0.15) is 0 Å². The van der Waals surface area contributed by atoms with E-state index in [-0.39, 0.29) is 11.5 Å². The van der Waals surface area contributed by atoms with Crippen molar-refractivity contribution in [3.63, 3.8) is 0 Å². The number of piperidine rings is 1. The van der Waals surface area contributed by atoms with Crippen LogP contribution in [0.3, 0.4) is 0 Å². The number of carboxylic acid groups (broad SMARTS) is 2. The average molecular weight is 458 g/mol. The smallest absolute Gasteiger partial charge is 0.478 e. The molecular weight excluding hydrogens is 437 g/mol. The van der Waals surface area contributed by atoms with Gasteiger partial charge in [-0.05, 0) is 48.4 Å². The van der Waals surface area contributed by atoms with Crippen LogP contribution in [0, 0.1) is 5.92 Å². The van der Waals surface area contributed by atoms with Gasteiger partial charge < -0.3 is 20.4 Å². The van der Waals surface area contributed by atoms with E-state index in [0.29, 0.717) is 16.5 Å². The highest BCUT2D eigenvalue weighted by Crippen LogP contribution is 2.31. The van der Waals surface area contributed by atoms with Crippen molar-refractivity contribution >= 4 is 40.6 Å².